The van der Waals surface area contributed by atoms with Gasteiger partial charge in [-0.15, -0.1) is 0 Å². The van der Waals surface area contributed by atoms with E-state index in [4.69, 9.17) is 16.3 Å². The van der Waals surface area contributed by atoms with Gasteiger partial charge in [-0.3, -0.25) is 9.59 Å². The van der Waals surface area contributed by atoms with Crippen LogP contribution in [0, 0.1) is 6.92 Å². The second-order valence-corrected chi connectivity index (χ2v) is 9.85. The number of hydrogen-bond acceptors (Lipinski definition) is 5. The molecule has 2 aromatic rings. The third-order valence-electron chi connectivity index (χ3n) is 5.39. The maximum Gasteiger partial charge on any atom is 0.262 e. The number of sulfonamides is 1. The van der Waals surface area contributed by atoms with Gasteiger partial charge in [-0.25, -0.2) is 8.42 Å². The zero-order valence-corrected chi connectivity index (χ0v) is 18.9. The molecule has 0 unspecified atom stereocenters. The summed E-state index contributed by atoms with van der Waals surface area (Å²) in [5, 5.41) is 3.23. The van der Waals surface area contributed by atoms with Gasteiger partial charge in [0.25, 0.3) is 5.91 Å². The number of nitrogens with one attached hydrogen (secondary N) is 1. The van der Waals surface area contributed by atoms with Crippen molar-refractivity contribution in [3.63, 3.8) is 0 Å². The normalized spacial score (nSPS) is 17.1. The highest BCUT2D eigenvalue weighted by Crippen LogP contribution is 2.34. The van der Waals surface area contributed by atoms with Crippen molar-refractivity contribution in [2.45, 2.75) is 11.8 Å². The number of aryl methyl sites for hydroxylation is 1. The molecular formula is C22H22ClN3O5S. The molecule has 0 bridgehead atoms. The number of rotatable bonds is 4. The van der Waals surface area contributed by atoms with Crippen LogP contribution in [0.5, 0.6) is 5.75 Å². The Kier molecular flexibility index (Phi) is 6.23. The van der Waals surface area contributed by atoms with Crippen molar-refractivity contribution in [3.05, 3.63) is 58.6 Å². The standard InChI is InChI=1S/C22H22ClN3O5S/c1-15-12-18-19(31-14-21(27)24-18)13-20(15)32(29,30)26-10-8-25(9-11-26)22(28)7-6-16-4-2-3-5-17(16)23/h2-7,12-13H,8-11,14H2,1H3,(H,24,27)/b7-6+. The van der Waals surface area contributed by atoms with E-state index in [0.29, 0.717) is 22.0 Å². The molecule has 2 amide bonds. The van der Waals surface area contributed by atoms with Crippen LogP contribution in [0.2, 0.25) is 5.02 Å². The van der Waals surface area contributed by atoms with Gasteiger partial charge in [0.1, 0.15) is 5.75 Å². The van der Waals surface area contributed by atoms with Gasteiger partial charge in [0.15, 0.2) is 6.61 Å². The first-order chi connectivity index (χ1) is 15.3. The topological polar surface area (TPSA) is 96.0 Å². The van der Waals surface area contributed by atoms with Gasteiger partial charge in [-0.2, -0.15) is 4.31 Å². The second-order valence-electron chi connectivity index (χ2n) is 7.53. The fourth-order valence-corrected chi connectivity index (χ4v) is 5.50. The molecule has 2 heterocycles. The molecule has 0 atom stereocenters. The van der Waals surface area contributed by atoms with Crippen LogP contribution in [-0.2, 0) is 19.6 Å². The Morgan fingerprint density at radius 2 is 1.88 bits per heavy atom. The van der Waals surface area contributed by atoms with Crippen LogP contribution >= 0.6 is 11.6 Å². The van der Waals surface area contributed by atoms with Crippen LogP contribution in [-0.4, -0.2) is 62.2 Å². The molecule has 2 aromatic carbocycles. The fraction of sp³-hybridized carbons (Fsp3) is 0.273. The number of carbonyl (C=O) groups is 2. The first kappa shape index (κ1) is 22.3. The van der Waals surface area contributed by atoms with E-state index >= 15 is 0 Å². The molecule has 1 N–H and O–H groups in total. The number of piperazine rings is 1. The average molecular weight is 476 g/mol. The lowest BCUT2D eigenvalue weighted by molar-refractivity contribution is -0.127. The Labute approximate surface area is 191 Å². The minimum atomic E-state index is -3.78. The van der Waals surface area contributed by atoms with Gasteiger partial charge in [0, 0.05) is 43.3 Å². The van der Waals surface area contributed by atoms with Crippen molar-refractivity contribution >= 4 is 45.2 Å². The van der Waals surface area contributed by atoms with E-state index in [1.165, 1.54) is 16.4 Å². The van der Waals surface area contributed by atoms with Crippen molar-refractivity contribution in [3.8, 4) is 5.75 Å². The quantitative estimate of drug-likeness (QED) is 0.685. The molecule has 0 radical (unpaired) electrons. The lowest BCUT2D eigenvalue weighted by Gasteiger charge is -2.34. The van der Waals surface area contributed by atoms with Crippen molar-refractivity contribution in [2.24, 2.45) is 0 Å². The first-order valence-electron chi connectivity index (χ1n) is 10.0. The number of anilines is 1. The third kappa shape index (κ3) is 4.50. The first-order valence-corrected chi connectivity index (χ1v) is 11.9. The predicted octanol–water partition coefficient (Wildman–Crippen LogP) is 2.53. The minimum absolute atomic E-state index is 0.130. The summed E-state index contributed by atoms with van der Waals surface area (Å²) < 4.78 is 33.2. The Morgan fingerprint density at radius 3 is 2.59 bits per heavy atom. The highest BCUT2D eigenvalue weighted by molar-refractivity contribution is 7.89. The number of benzene rings is 2. The smallest absolute Gasteiger partial charge is 0.262 e. The van der Waals surface area contributed by atoms with Crippen LogP contribution in [0.25, 0.3) is 6.08 Å². The Balaban J connectivity index is 1.44. The zero-order valence-electron chi connectivity index (χ0n) is 17.4. The van der Waals surface area contributed by atoms with Gasteiger partial charge in [0.05, 0.1) is 10.6 Å². The largest absolute Gasteiger partial charge is 0.482 e. The number of ether oxygens (including phenoxy) is 1. The van der Waals surface area contributed by atoms with Crippen LogP contribution < -0.4 is 10.1 Å². The molecule has 0 aromatic heterocycles. The number of halogens is 1. The molecule has 10 heteroatoms. The maximum atomic E-state index is 13.2. The van der Waals surface area contributed by atoms with Crippen LogP contribution in [0.15, 0.2) is 47.4 Å². The SMILES string of the molecule is Cc1cc2c(cc1S(=O)(=O)N1CCN(C(=O)/C=C/c3ccccc3Cl)CC1)OCC(=O)N2. The maximum absolute atomic E-state index is 13.2. The summed E-state index contributed by atoms with van der Waals surface area (Å²) in [6.07, 6.45) is 3.10. The van der Waals surface area contributed by atoms with Gasteiger partial charge in [-0.1, -0.05) is 29.8 Å². The number of fused-ring (bicyclic) bond motifs is 1. The van der Waals surface area contributed by atoms with Crippen molar-refractivity contribution < 1.29 is 22.7 Å². The summed E-state index contributed by atoms with van der Waals surface area (Å²) >= 11 is 6.11. The van der Waals surface area contributed by atoms with Crippen LogP contribution in [0.3, 0.4) is 0 Å². The van der Waals surface area contributed by atoms with E-state index in [9.17, 15) is 18.0 Å². The molecule has 0 spiro atoms. The molecule has 1 saturated heterocycles. The highest BCUT2D eigenvalue weighted by atomic mass is 35.5. The summed E-state index contributed by atoms with van der Waals surface area (Å²) in [4.78, 5) is 25.8. The van der Waals surface area contributed by atoms with E-state index in [2.05, 4.69) is 5.32 Å². The molecule has 32 heavy (non-hydrogen) atoms. The summed E-state index contributed by atoms with van der Waals surface area (Å²) in [7, 11) is -3.78. The lowest BCUT2D eigenvalue weighted by Crippen LogP contribution is -2.50. The molecular weight excluding hydrogens is 454 g/mol. The summed E-state index contributed by atoms with van der Waals surface area (Å²) in [6, 6.07) is 10.3. The van der Waals surface area contributed by atoms with E-state index in [1.807, 2.05) is 18.2 Å². The Morgan fingerprint density at radius 1 is 1.16 bits per heavy atom. The van der Waals surface area contributed by atoms with Gasteiger partial charge in [0.2, 0.25) is 15.9 Å². The lowest BCUT2D eigenvalue weighted by atomic mass is 10.2. The zero-order chi connectivity index (χ0) is 22.9. The molecule has 1 fully saturated rings. The Hall–Kier alpha value is -2.88. The molecule has 4 rings (SSSR count). The van der Waals surface area contributed by atoms with Gasteiger partial charge in [-0.05, 0) is 36.3 Å². The van der Waals surface area contributed by atoms with Crippen LogP contribution in [0.4, 0.5) is 5.69 Å². The fourth-order valence-electron chi connectivity index (χ4n) is 3.66. The molecule has 2 aliphatic rings. The molecule has 2 aliphatic heterocycles. The van der Waals surface area contributed by atoms with Crippen molar-refractivity contribution in [2.75, 3.05) is 38.1 Å². The van der Waals surface area contributed by atoms with Crippen LogP contribution in [0.1, 0.15) is 11.1 Å². The summed E-state index contributed by atoms with van der Waals surface area (Å²) in [5.74, 6) is -0.153. The van der Waals surface area contributed by atoms with E-state index < -0.39 is 10.0 Å². The predicted molar refractivity (Wildman–Crippen MR) is 121 cm³/mol. The van der Waals surface area contributed by atoms with Crippen molar-refractivity contribution in [1.29, 1.82) is 0 Å². The van der Waals surface area contributed by atoms with Gasteiger partial charge < -0.3 is 15.0 Å². The molecule has 8 nitrogen and oxygen atoms in total. The van der Waals surface area contributed by atoms with Crippen molar-refractivity contribution in [1.82, 2.24) is 9.21 Å². The molecule has 0 saturated carbocycles. The van der Waals surface area contributed by atoms with E-state index in [-0.39, 0.29) is 49.5 Å². The molecule has 0 aliphatic carbocycles. The number of nitrogens with zero attached hydrogens (tertiary/aromatic N) is 2. The second kappa shape index (κ2) is 8.93. The Bertz CT molecular complexity index is 1200. The summed E-state index contributed by atoms with van der Waals surface area (Å²) in [5.41, 5.74) is 1.71. The van der Waals surface area contributed by atoms with E-state index in [0.717, 1.165) is 5.56 Å². The molecule has 168 valence electrons. The highest BCUT2D eigenvalue weighted by Gasteiger charge is 2.32. The average Bonchev–Trinajstić information content (AvgIpc) is 2.77. The number of hydrogen-bond donors (Lipinski definition) is 1. The van der Waals surface area contributed by atoms with Gasteiger partial charge >= 0.3 is 0 Å². The third-order valence-corrected chi connectivity index (χ3v) is 7.77. The monoisotopic (exact) mass is 475 g/mol. The minimum Gasteiger partial charge on any atom is -0.482 e. The number of amides is 2. The number of carbonyl (C=O) groups excluding carboxylic acids is 2. The summed E-state index contributed by atoms with van der Waals surface area (Å²) in [6.45, 7) is 2.44. The van der Waals surface area contributed by atoms with E-state index in [1.54, 1.807) is 30.0 Å².